The summed E-state index contributed by atoms with van der Waals surface area (Å²) in [5.41, 5.74) is 2.08. The smallest absolute Gasteiger partial charge is 0.293 e. The van der Waals surface area contributed by atoms with Gasteiger partial charge in [-0.25, -0.2) is 0 Å². The number of imide groups is 1. The molecule has 1 aliphatic heterocycles. The van der Waals surface area contributed by atoms with E-state index in [1.807, 2.05) is 55.1 Å². The Morgan fingerprint density at radius 3 is 2.76 bits per heavy atom. The third-order valence-electron chi connectivity index (χ3n) is 3.54. The molecule has 0 atom stereocenters. The lowest BCUT2D eigenvalue weighted by molar-refractivity contribution is -0.122. The van der Waals surface area contributed by atoms with E-state index < -0.39 is 0 Å². The number of fused-ring (bicyclic) bond motifs is 1. The third kappa shape index (κ3) is 2.38. The van der Waals surface area contributed by atoms with Crippen molar-refractivity contribution in [2.24, 2.45) is 7.05 Å². The van der Waals surface area contributed by atoms with E-state index in [9.17, 15) is 9.59 Å². The van der Waals surface area contributed by atoms with E-state index in [0.717, 1.165) is 34.6 Å². The van der Waals surface area contributed by atoms with E-state index >= 15 is 0 Å². The van der Waals surface area contributed by atoms with E-state index in [2.05, 4.69) is 0 Å². The average Bonchev–Trinajstić information content (AvgIpc) is 2.93. The molecule has 0 spiro atoms. The number of aryl methyl sites for hydroxylation is 1. The molecule has 2 heterocycles. The van der Waals surface area contributed by atoms with E-state index in [-0.39, 0.29) is 11.1 Å². The molecule has 1 aromatic carbocycles. The number of nitrogens with zero attached hydrogens (tertiary/aromatic N) is 2. The van der Waals surface area contributed by atoms with Crippen molar-refractivity contribution in [3.05, 3.63) is 40.9 Å². The molecule has 1 aliphatic rings. The van der Waals surface area contributed by atoms with E-state index in [4.69, 9.17) is 0 Å². The second kappa shape index (κ2) is 5.41. The highest BCUT2D eigenvalue weighted by atomic mass is 32.2. The Hall–Kier alpha value is -2.01. The van der Waals surface area contributed by atoms with E-state index in [1.54, 1.807) is 0 Å². The van der Waals surface area contributed by atoms with Crippen molar-refractivity contribution in [2.75, 3.05) is 6.54 Å². The number of carbonyl (C=O) groups is 2. The van der Waals surface area contributed by atoms with Crippen LogP contribution in [0.2, 0.25) is 0 Å². The highest BCUT2D eigenvalue weighted by Crippen LogP contribution is 2.33. The van der Waals surface area contributed by atoms with Crippen LogP contribution in [0.3, 0.4) is 0 Å². The second-order valence-electron chi connectivity index (χ2n) is 5.05. The van der Waals surface area contributed by atoms with Crippen molar-refractivity contribution < 1.29 is 9.59 Å². The predicted molar refractivity (Wildman–Crippen MR) is 85.9 cm³/mol. The summed E-state index contributed by atoms with van der Waals surface area (Å²) in [5, 5.41) is 0.913. The first kappa shape index (κ1) is 13.9. The fraction of sp³-hybridized carbons (Fsp3) is 0.250. The zero-order chi connectivity index (χ0) is 15.0. The van der Waals surface area contributed by atoms with Gasteiger partial charge in [-0.3, -0.25) is 14.5 Å². The van der Waals surface area contributed by atoms with E-state index in [0.29, 0.717) is 11.4 Å². The molecule has 2 aromatic rings. The lowest BCUT2D eigenvalue weighted by atomic mass is 10.1. The lowest BCUT2D eigenvalue weighted by Crippen LogP contribution is -2.28. The summed E-state index contributed by atoms with van der Waals surface area (Å²) >= 11 is 1.02. The Balaban J connectivity index is 2.02. The van der Waals surface area contributed by atoms with Crippen LogP contribution in [0, 0.1) is 0 Å². The molecule has 1 aromatic heterocycles. The Labute approximate surface area is 127 Å². The summed E-state index contributed by atoms with van der Waals surface area (Å²) in [5.74, 6) is -0.181. The minimum Gasteiger partial charge on any atom is -0.350 e. The maximum absolute atomic E-state index is 12.3. The molecule has 0 N–H and O–H groups in total. The van der Waals surface area contributed by atoms with Gasteiger partial charge in [-0.2, -0.15) is 0 Å². The first-order chi connectivity index (χ1) is 10.1. The van der Waals surface area contributed by atoms with Gasteiger partial charge in [0.15, 0.2) is 0 Å². The van der Waals surface area contributed by atoms with Gasteiger partial charge in [-0.1, -0.05) is 25.1 Å². The summed E-state index contributed by atoms with van der Waals surface area (Å²) in [6.07, 6.45) is 4.58. The summed E-state index contributed by atoms with van der Waals surface area (Å²) in [6, 6.07) is 8.02. The van der Waals surface area contributed by atoms with Crippen molar-refractivity contribution in [1.82, 2.24) is 9.47 Å². The largest absolute Gasteiger partial charge is 0.350 e. The summed E-state index contributed by atoms with van der Waals surface area (Å²) < 4.78 is 2.03. The number of para-hydroxylation sites is 1. The summed E-state index contributed by atoms with van der Waals surface area (Å²) in [6.45, 7) is 2.44. The summed E-state index contributed by atoms with van der Waals surface area (Å²) in [7, 11) is 1.97. The molecule has 108 valence electrons. The van der Waals surface area contributed by atoms with Crippen molar-refractivity contribution >= 4 is 39.9 Å². The number of aromatic nitrogens is 1. The third-order valence-corrected chi connectivity index (χ3v) is 4.44. The number of hydrogen-bond acceptors (Lipinski definition) is 3. The Morgan fingerprint density at radius 2 is 2.00 bits per heavy atom. The highest BCUT2D eigenvalue weighted by molar-refractivity contribution is 8.18. The van der Waals surface area contributed by atoms with Gasteiger partial charge in [-0.15, -0.1) is 0 Å². The van der Waals surface area contributed by atoms with Crippen LogP contribution in [0.25, 0.3) is 17.0 Å². The normalized spacial score (nSPS) is 17.4. The van der Waals surface area contributed by atoms with Crippen LogP contribution in [0.15, 0.2) is 35.4 Å². The van der Waals surface area contributed by atoms with Crippen LogP contribution in [-0.4, -0.2) is 27.2 Å². The van der Waals surface area contributed by atoms with Gasteiger partial charge in [0.05, 0.1) is 4.91 Å². The molecule has 1 saturated heterocycles. The number of thioether (sulfide) groups is 1. The van der Waals surface area contributed by atoms with Crippen LogP contribution in [0.5, 0.6) is 0 Å². The number of carbonyl (C=O) groups excluding carboxylic acids is 2. The van der Waals surface area contributed by atoms with Crippen molar-refractivity contribution in [1.29, 1.82) is 0 Å². The number of rotatable bonds is 3. The number of benzene rings is 1. The maximum atomic E-state index is 12.3. The minimum atomic E-state index is -0.181. The molecule has 0 radical (unpaired) electrons. The Bertz CT molecular complexity index is 761. The molecule has 0 bridgehead atoms. The maximum Gasteiger partial charge on any atom is 0.293 e. The second-order valence-corrected chi connectivity index (χ2v) is 6.04. The van der Waals surface area contributed by atoms with Crippen LogP contribution in [0.1, 0.15) is 18.9 Å². The average molecular weight is 300 g/mol. The molecular formula is C16H16N2O2S. The fourth-order valence-electron chi connectivity index (χ4n) is 2.55. The number of amides is 2. The molecule has 0 saturated carbocycles. The van der Waals surface area contributed by atoms with Crippen molar-refractivity contribution in [2.45, 2.75) is 13.3 Å². The van der Waals surface area contributed by atoms with E-state index in [1.165, 1.54) is 4.90 Å². The molecule has 3 rings (SSSR count). The molecule has 0 unspecified atom stereocenters. The first-order valence-corrected chi connectivity index (χ1v) is 7.73. The molecule has 0 aliphatic carbocycles. The van der Waals surface area contributed by atoms with Crippen molar-refractivity contribution in [3.8, 4) is 0 Å². The first-order valence-electron chi connectivity index (χ1n) is 6.91. The zero-order valence-electron chi connectivity index (χ0n) is 12.0. The van der Waals surface area contributed by atoms with Crippen LogP contribution in [-0.2, 0) is 11.8 Å². The molecule has 5 heteroatoms. The van der Waals surface area contributed by atoms with Gasteiger partial charge in [0.2, 0.25) is 0 Å². The quantitative estimate of drug-likeness (QED) is 0.813. The lowest BCUT2D eigenvalue weighted by Gasteiger charge is -2.09. The molecule has 1 fully saturated rings. The van der Waals surface area contributed by atoms with Gasteiger partial charge >= 0.3 is 0 Å². The van der Waals surface area contributed by atoms with Crippen LogP contribution >= 0.6 is 11.8 Å². The standard InChI is InChI=1S/C16H16N2O2S/c1-3-8-18-15(19)14(21-16(18)20)9-11-10-17(2)13-7-5-4-6-12(11)13/h4-7,9-10H,3,8H2,1-2H3/b14-9+. The Kier molecular flexibility index (Phi) is 3.59. The van der Waals surface area contributed by atoms with Gasteiger partial charge in [0.25, 0.3) is 11.1 Å². The van der Waals surface area contributed by atoms with Gasteiger partial charge in [-0.05, 0) is 30.3 Å². The molecular weight excluding hydrogens is 284 g/mol. The molecule has 21 heavy (non-hydrogen) atoms. The van der Waals surface area contributed by atoms with Crippen LogP contribution < -0.4 is 0 Å². The van der Waals surface area contributed by atoms with Gasteiger partial charge < -0.3 is 4.57 Å². The predicted octanol–water partition coefficient (Wildman–Crippen LogP) is 3.62. The van der Waals surface area contributed by atoms with Crippen molar-refractivity contribution in [3.63, 3.8) is 0 Å². The summed E-state index contributed by atoms with van der Waals surface area (Å²) in [4.78, 5) is 26.0. The van der Waals surface area contributed by atoms with Crippen LogP contribution in [0.4, 0.5) is 4.79 Å². The monoisotopic (exact) mass is 300 g/mol. The van der Waals surface area contributed by atoms with Gasteiger partial charge in [0.1, 0.15) is 0 Å². The molecule has 2 amide bonds. The highest BCUT2D eigenvalue weighted by Gasteiger charge is 2.34. The zero-order valence-corrected chi connectivity index (χ0v) is 12.8. The van der Waals surface area contributed by atoms with Gasteiger partial charge in [0, 0.05) is 36.3 Å². The minimum absolute atomic E-state index is 0.173. The Morgan fingerprint density at radius 1 is 1.24 bits per heavy atom. The topological polar surface area (TPSA) is 42.3 Å². The SMILES string of the molecule is CCCN1C(=O)S/C(=C/c2cn(C)c3ccccc23)C1=O. The fourth-order valence-corrected chi connectivity index (χ4v) is 3.40. The number of hydrogen-bond donors (Lipinski definition) is 0. The molecule has 4 nitrogen and oxygen atoms in total.